The van der Waals surface area contributed by atoms with E-state index in [2.05, 4.69) is 39.5 Å². The maximum absolute atomic E-state index is 12.4. The molecule has 3 aromatic carbocycles. The molecule has 1 aliphatic carbocycles. The lowest BCUT2D eigenvalue weighted by Crippen LogP contribution is -2.30. The minimum Gasteiger partial charge on any atom is -0.506 e. The number of hydrogen-bond acceptors (Lipinski definition) is 7. The lowest BCUT2D eigenvalue weighted by Gasteiger charge is -2.17. The summed E-state index contributed by atoms with van der Waals surface area (Å²) in [6, 6.07) is 24.1. The number of phenolic OH excluding ortho intramolecular Hbond substituents is 1. The van der Waals surface area contributed by atoms with Crippen molar-refractivity contribution in [1.82, 2.24) is 25.2 Å². The van der Waals surface area contributed by atoms with Gasteiger partial charge in [0.2, 0.25) is 0 Å². The first-order valence-corrected chi connectivity index (χ1v) is 14.0. The molecule has 1 spiro atoms. The van der Waals surface area contributed by atoms with E-state index in [-0.39, 0.29) is 23.1 Å². The van der Waals surface area contributed by atoms with Crippen LogP contribution in [0, 0.1) is 5.41 Å². The Kier molecular flexibility index (Phi) is 5.86. The Morgan fingerprint density at radius 1 is 1.00 bits per heavy atom. The number of likely N-dealkylation sites (tertiary alicyclic amines) is 1. The molecule has 1 saturated heterocycles. The lowest BCUT2D eigenvalue weighted by atomic mass is 10.0. The highest BCUT2D eigenvalue weighted by atomic mass is 32.1. The van der Waals surface area contributed by atoms with Crippen molar-refractivity contribution < 1.29 is 9.90 Å². The van der Waals surface area contributed by atoms with Crippen LogP contribution in [0.15, 0.2) is 84.5 Å². The molecule has 3 heterocycles. The average molecular weight is 534 g/mol. The number of aromatic hydroxyl groups is 1. The molecule has 2 aromatic heterocycles. The second kappa shape index (κ2) is 9.55. The third-order valence-corrected chi connectivity index (χ3v) is 8.74. The van der Waals surface area contributed by atoms with Gasteiger partial charge in [-0.3, -0.25) is 14.7 Å². The minimum atomic E-state index is -0.00436. The van der Waals surface area contributed by atoms with Crippen molar-refractivity contribution in [1.29, 1.82) is 0 Å². The minimum absolute atomic E-state index is 0.00436. The molecule has 0 bridgehead atoms. The number of aromatic nitrogens is 3. The van der Waals surface area contributed by atoms with Crippen LogP contribution in [0.3, 0.4) is 0 Å². The number of rotatable bonds is 6. The molecule has 2 atom stereocenters. The maximum Gasteiger partial charge on any atom is 0.263 e. The number of benzene rings is 3. The molecular weight excluding hydrogens is 506 g/mol. The van der Waals surface area contributed by atoms with E-state index in [0.29, 0.717) is 15.9 Å². The summed E-state index contributed by atoms with van der Waals surface area (Å²) in [6.45, 7) is 2.91. The van der Waals surface area contributed by atoms with Crippen LogP contribution >= 0.6 is 11.3 Å². The second-order valence-electron chi connectivity index (χ2n) is 10.5. The number of thiazole rings is 1. The predicted molar refractivity (Wildman–Crippen MR) is 152 cm³/mol. The molecule has 1 amide bonds. The topological polar surface area (TPSA) is 91.2 Å². The van der Waals surface area contributed by atoms with E-state index in [4.69, 9.17) is 9.97 Å². The molecule has 8 heteroatoms. The zero-order valence-corrected chi connectivity index (χ0v) is 22.1. The largest absolute Gasteiger partial charge is 0.506 e. The van der Waals surface area contributed by atoms with Gasteiger partial charge in [-0.25, -0.2) is 9.97 Å². The van der Waals surface area contributed by atoms with E-state index in [0.717, 1.165) is 55.0 Å². The van der Waals surface area contributed by atoms with Gasteiger partial charge >= 0.3 is 0 Å². The van der Waals surface area contributed by atoms with Gasteiger partial charge in [-0.05, 0) is 37.1 Å². The molecule has 7 nitrogen and oxygen atoms in total. The summed E-state index contributed by atoms with van der Waals surface area (Å²) in [5.74, 6) is 0.124. The SMILES string of the molecule is O=C(NC1C[C@]12CCN(Cc1ccc(-c3nc4cccc(O)c4nc3-c3ccccc3)cc1)C2)c1cncs1. The normalized spacial score (nSPS) is 20.5. The van der Waals surface area contributed by atoms with Crippen molar-refractivity contribution in [3.63, 3.8) is 0 Å². The Morgan fingerprint density at radius 2 is 1.79 bits per heavy atom. The first-order chi connectivity index (χ1) is 19.1. The standard InChI is InChI=1S/C31H27N5O2S/c37-24-8-4-7-23-29(24)35-28(21-5-2-1-3-6-21)27(33-23)22-11-9-20(10-12-22)17-36-14-13-31(18-36)15-26(31)34-30(38)25-16-32-19-39-25/h1-12,16,19,26,37H,13-15,17-18H2,(H,34,38)/t26?,31-/m0/s1. The fourth-order valence-corrected chi connectivity index (χ4v) is 6.29. The van der Waals surface area contributed by atoms with Gasteiger partial charge in [-0.1, -0.05) is 60.7 Å². The molecule has 5 aromatic rings. The lowest BCUT2D eigenvalue weighted by molar-refractivity contribution is 0.0949. The predicted octanol–water partition coefficient (Wildman–Crippen LogP) is 5.52. The number of carbonyl (C=O) groups excluding carboxylic acids is 1. The molecule has 194 valence electrons. The summed E-state index contributed by atoms with van der Waals surface area (Å²) < 4.78 is 0. The number of para-hydroxylation sites is 1. The van der Waals surface area contributed by atoms with Crippen LogP contribution < -0.4 is 5.32 Å². The van der Waals surface area contributed by atoms with Crippen LogP contribution in [-0.4, -0.2) is 50.0 Å². The highest BCUT2D eigenvalue weighted by Crippen LogP contribution is 2.53. The summed E-state index contributed by atoms with van der Waals surface area (Å²) in [6.07, 6.45) is 3.79. The Hall–Kier alpha value is -4.14. The number of nitrogens with one attached hydrogen (secondary N) is 1. The fraction of sp³-hybridized carbons (Fsp3) is 0.226. The first kappa shape index (κ1) is 23.9. The fourth-order valence-electron chi connectivity index (χ4n) is 5.77. The molecule has 2 N–H and O–H groups in total. The number of carbonyl (C=O) groups is 1. The third kappa shape index (κ3) is 4.56. The van der Waals surface area contributed by atoms with Gasteiger partial charge in [0.25, 0.3) is 5.91 Å². The van der Waals surface area contributed by atoms with Crippen molar-refractivity contribution in [2.24, 2.45) is 5.41 Å². The quantitative estimate of drug-likeness (QED) is 0.299. The van der Waals surface area contributed by atoms with E-state index in [9.17, 15) is 9.90 Å². The Morgan fingerprint density at radius 3 is 2.59 bits per heavy atom. The average Bonchev–Trinajstić information content (AvgIpc) is 3.30. The van der Waals surface area contributed by atoms with Gasteiger partial charge < -0.3 is 10.4 Å². The van der Waals surface area contributed by atoms with Gasteiger partial charge in [-0.15, -0.1) is 11.3 Å². The van der Waals surface area contributed by atoms with E-state index < -0.39 is 0 Å². The van der Waals surface area contributed by atoms with Crippen LogP contribution in [0.1, 0.15) is 28.1 Å². The van der Waals surface area contributed by atoms with Crippen LogP contribution in [0.25, 0.3) is 33.5 Å². The molecule has 1 saturated carbocycles. The number of phenols is 1. The highest BCUT2D eigenvalue weighted by molar-refractivity contribution is 7.11. The molecule has 2 fully saturated rings. The van der Waals surface area contributed by atoms with Crippen LogP contribution in [0.5, 0.6) is 5.75 Å². The summed E-state index contributed by atoms with van der Waals surface area (Å²) in [5.41, 5.74) is 7.80. The monoisotopic (exact) mass is 533 g/mol. The number of fused-ring (bicyclic) bond motifs is 1. The molecule has 0 radical (unpaired) electrons. The van der Waals surface area contributed by atoms with Crippen LogP contribution in [0.2, 0.25) is 0 Å². The smallest absolute Gasteiger partial charge is 0.263 e. The second-order valence-corrected chi connectivity index (χ2v) is 11.4. The molecule has 39 heavy (non-hydrogen) atoms. The van der Waals surface area contributed by atoms with E-state index in [1.165, 1.54) is 16.9 Å². The Bertz CT molecular complexity index is 1660. The van der Waals surface area contributed by atoms with Crippen molar-refractivity contribution in [2.45, 2.75) is 25.4 Å². The van der Waals surface area contributed by atoms with E-state index in [1.807, 2.05) is 36.4 Å². The van der Waals surface area contributed by atoms with Gasteiger partial charge in [0.05, 0.1) is 28.6 Å². The zero-order valence-electron chi connectivity index (χ0n) is 21.2. The molecule has 2 aliphatic rings. The van der Waals surface area contributed by atoms with E-state index >= 15 is 0 Å². The summed E-state index contributed by atoms with van der Waals surface area (Å²) in [4.78, 5) is 29.4. The van der Waals surface area contributed by atoms with Crippen molar-refractivity contribution >= 4 is 28.3 Å². The Labute approximate surface area is 230 Å². The van der Waals surface area contributed by atoms with Crippen molar-refractivity contribution in [3.05, 3.63) is 94.9 Å². The molecular formula is C31H27N5O2S. The molecule has 1 aliphatic heterocycles. The highest BCUT2D eigenvalue weighted by Gasteiger charge is 2.57. The number of amides is 1. The zero-order chi connectivity index (χ0) is 26.4. The molecule has 7 rings (SSSR count). The third-order valence-electron chi connectivity index (χ3n) is 7.97. The van der Waals surface area contributed by atoms with Crippen molar-refractivity contribution in [2.75, 3.05) is 13.1 Å². The maximum atomic E-state index is 12.4. The van der Waals surface area contributed by atoms with Crippen molar-refractivity contribution in [3.8, 4) is 28.3 Å². The van der Waals surface area contributed by atoms with Crippen LogP contribution in [-0.2, 0) is 6.54 Å². The Balaban J connectivity index is 1.08. The van der Waals surface area contributed by atoms with Gasteiger partial charge in [-0.2, -0.15) is 0 Å². The van der Waals surface area contributed by atoms with E-state index in [1.54, 1.807) is 23.8 Å². The summed E-state index contributed by atoms with van der Waals surface area (Å²) in [7, 11) is 0. The molecule has 1 unspecified atom stereocenters. The van der Waals surface area contributed by atoms with Gasteiger partial charge in [0.15, 0.2) is 0 Å². The first-order valence-electron chi connectivity index (χ1n) is 13.1. The number of nitrogens with zero attached hydrogens (tertiary/aromatic N) is 4. The number of hydrogen-bond donors (Lipinski definition) is 2. The van der Waals surface area contributed by atoms with Gasteiger partial charge in [0, 0.05) is 35.7 Å². The summed E-state index contributed by atoms with van der Waals surface area (Å²) >= 11 is 1.38. The summed E-state index contributed by atoms with van der Waals surface area (Å²) in [5, 5.41) is 13.6. The van der Waals surface area contributed by atoms with Crippen LogP contribution in [0.4, 0.5) is 0 Å². The van der Waals surface area contributed by atoms with Gasteiger partial charge in [0.1, 0.15) is 16.1 Å².